The number of amides is 2. The van der Waals surface area contributed by atoms with Gasteiger partial charge < -0.3 is 15.5 Å². The number of carbonyl (C=O) groups is 2. The molecule has 2 aliphatic rings. The van der Waals surface area contributed by atoms with Gasteiger partial charge >= 0.3 is 0 Å². The van der Waals surface area contributed by atoms with E-state index in [2.05, 4.69) is 0 Å². The van der Waals surface area contributed by atoms with Gasteiger partial charge in [-0.05, 0) is 36.6 Å². The highest BCUT2D eigenvalue weighted by Gasteiger charge is 2.31. The number of nitrogens with two attached hydrogens (primary N) is 1. The first-order chi connectivity index (χ1) is 9.60. The topological polar surface area (TPSA) is 66.6 Å². The van der Waals surface area contributed by atoms with Crippen molar-refractivity contribution in [2.75, 3.05) is 29.4 Å². The zero-order valence-corrected chi connectivity index (χ0v) is 11.6. The predicted octanol–water partition coefficient (Wildman–Crippen LogP) is 0.907. The molecule has 5 heteroatoms. The molecule has 1 atom stereocenters. The molecule has 1 aromatic rings. The van der Waals surface area contributed by atoms with E-state index >= 15 is 0 Å². The van der Waals surface area contributed by atoms with E-state index in [0.717, 1.165) is 24.3 Å². The summed E-state index contributed by atoms with van der Waals surface area (Å²) in [5, 5.41) is 0. The molecule has 20 heavy (non-hydrogen) atoms. The number of benzene rings is 1. The first-order valence-electron chi connectivity index (χ1n) is 7.01. The van der Waals surface area contributed by atoms with Gasteiger partial charge in [0.05, 0.1) is 0 Å². The average molecular weight is 273 g/mol. The zero-order valence-electron chi connectivity index (χ0n) is 11.6. The van der Waals surface area contributed by atoms with Crippen LogP contribution in [-0.4, -0.2) is 31.4 Å². The standard InChI is InChI=1S/C15H19N3O2/c1-10(19)17-5-4-12-2-3-13(7-14(12)17)18-9-11(8-16)6-15(18)20/h2-3,7,11H,4-6,8-9,16H2,1H3. The lowest BCUT2D eigenvalue weighted by Gasteiger charge is -2.20. The fourth-order valence-corrected chi connectivity index (χ4v) is 3.05. The Morgan fingerprint density at radius 1 is 1.45 bits per heavy atom. The minimum absolute atomic E-state index is 0.0495. The molecule has 1 unspecified atom stereocenters. The Kier molecular flexibility index (Phi) is 3.22. The van der Waals surface area contributed by atoms with Crippen molar-refractivity contribution in [1.29, 1.82) is 0 Å². The van der Waals surface area contributed by atoms with Gasteiger partial charge in [-0.3, -0.25) is 9.59 Å². The SMILES string of the molecule is CC(=O)N1CCc2ccc(N3CC(CN)CC3=O)cc21. The maximum Gasteiger partial charge on any atom is 0.227 e. The predicted molar refractivity (Wildman–Crippen MR) is 77.7 cm³/mol. The van der Waals surface area contributed by atoms with Gasteiger partial charge in [-0.1, -0.05) is 6.07 Å². The average Bonchev–Trinajstić information content (AvgIpc) is 3.01. The Hall–Kier alpha value is -1.88. The van der Waals surface area contributed by atoms with Crippen LogP contribution in [0.1, 0.15) is 18.9 Å². The zero-order chi connectivity index (χ0) is 14.3. The van der Waals surface area contributed by atoms with Gasteiger partial charge in [-0.2, -0.15) is 0 Å². The van der Waals surface area contributed by atoms with Crippen LogP contribution in [-0.2, 0) is 16.0 Å². The molecule has 0 aliphatic carbocycles. The molecule has 0 spiro atoms. The number of rotatable bonds is 2. The van der Waals surface area contributed by atoms with Crippen LogP contribution in [0.3, 0.4) is 0 Å². The smallest absolute Gasteiger partial charge is 0.227 e. The summed E-state index contributed by atoms with van der Waals surface area (Å²) in [5.74, 6) is 0.404. The number of carbonyl (C=O) groups excluding carboxylic acids is 2. The van der Waals surface area contributed by atoms with Crippen LogP contribution in [0.5, 0.6) is 0 Å². The molecule has 3 rings (SSSR count). The van der Waals surface area contributed by atoms with Crippen LogP contribution in [0.25, 0.3) is 0 Å². The fraction of sp³-hybridized carbons (Fsp3) is 0.467. The highest BCUT2D eigenvalue weighted by atomic mass is 16.2. The molecule has 2 heterocycles. The third-order valence-corrected chi connectivity index (χ3v) is 4.19. The molecule has 106 valence electrons. The van der Waals surface area contributed by atoms with Crippen LogP contribution in [0.15, 0.2) is 18.2 Å². The van der Waals surface area contributed by atoms with E-state index in [1.165, 1.54) is 5.56 Å². The van der Waals surface area contributed by atoms with Crippen LogP contribution in [0.2, 0.25) is 0 Å². The lowest BCUT2D eigenvalue weighted by molar-refractivity contribution is -0.117. The first-order valence-corrected chi connectivity index (χ1v) is 7.01. The molecule has 0 saturated carbocycles. The summed E-state index contributed by atoms with van der Waals surface area (Å²) < 4.78 is 0. The Morgan fingerprint density at radius 3 is 2.90 bits per heavy atom. The van der Waals surface area contributed by atoms with E-state index < -0.39 is 0 Å². The number of fused-ring (bicyclic) bond motifs is 1. The molecular weight excluding hydrogens is 254 g/mol. The summed E-state index contributed by atoms with van der Waals surface area (Å²) in [6.07, 6.45) is 1.40. The summed E-state index contributed by atoms with van der Waals surface area (Å²) in [4.78, 5) is 27.2. The van der Waals surface area contributed by atoms with E-state index in [0.29, 0.717) is 19.5 Å². The second kappa shape index (κ2) is 4.90. The number of hydrogen-bond donors (Lipinski definition) is 1. The monoisotopic (exact) mass is 273 g/mol. The van der Waals surface area contributed by atoms with Crippen LogP contribution < -0.4 is 15.5 Å². The summed E-state index contributed by atoms with van der Waals surface area (Å²) in [6, 6.07) is 5.95. The van der Waals surface area contributed by atoms with Crippen molar-refractivity contribution in [3.63, 3.8) is 0 Å². The van der Waals surface area contributed by atoms with E-state index in [-0.39, 0.29) is 17.7 Å². The molecule has 1 aromatic carbocycles. The number of hydrogen-bond acceptors (Lipinski definition) is 3. The third kappa shape index (κ3) is 2.08. The Balaban J connectivity index is 1.91. The molecule has 2 aliphatic heterocycles. The van der Waals surface area contributed by atoms with Gasteiger partial charge in [0.25, 0.3) is 0 Å². The fourth-order valence-electron chi connectivity index (χ4n) is 3.05. The molecule has 1 saturated heterocycles. The number of anilines is 2. The Morgan fingerprint density at radius 2 is 2.25 bits per heavy atom. The quantitative estimate of drug-likeness (QED) is 0.871. The highest BCUT2D eigenvalue weighted by molar-refractivity contribution is 5.98. The third-order valence-electron chi connectivity index (χ3n) is 4.19. The van der Waals surface area contributed by atoms with Gasteiger partial charge in [0, 0.05) is 37.8 Å². The van der Waals surface area contributed by atoms with Crippen LogP contribution >= 0.6 is 0 Å². The van der Waals surface area contributed by atoms with E-state index in [4.69, 9.17) is 5.73 Å². The first kappa shape index (κ1) is 13.1. The molecule has 5 nitrogen and oxygen atoms in total. The summed E-state index contributed by atoms with van der Waals surface area (Å²) in [6.45, 7) is 3.52. The molecular formula is C15H19N3O2. The molecule has 2 amide bonds. The maximum atomic E-state index is 12.0. The van der Waals surface area contributed by atoms with Crippen molar-refractivity contribution in [2.45, 2.75) is 19.8 Å². The van der Waals surface area contributed by atoms with Gasteiger partial charge in [0.2, 0.25) is 11.8 Å². The summed E-state index contributed by atoms with van der Waals surface area (Å²) >= 11 is 0. The largest absolute Gasteiger partial charge is 0.330 e. The van der Waals surface area contributed by atoms with Gasteiger partial charge in [-0.25, -0.2) is 0 Å². The minimum atomic E-state index is 0.0495. The second-order valence-electron chi connectivity index (χ2n) is 5.54. The van der Waals surface area contributed by atoms with Crippen LogP contribution in [0.4, 0.5) is 11.4 Å². The molecule has 2 N–H and O–H groups in total. The van der Waals surface area contributed by atoms with Crippen molar-refractivity contribution in [2.24, 2.45) is 11.7 Å². The van der Waals surface area contributed by atoms with Crippen molar-refractivity contribution in [3.05, 3.63) is 23.8 Å². The van der Waals surface area contributed by atoms with Crippen LogP contribution in [0, 0.1) is 5.92 Å². The number of nitrogens with zero attached hydrogens (tertiary/aromatic N) is 2. The molecule has 0 aromatic heterocycles. The van der Waals surface area contributed by atoms with Crippen molar-refractivity contribution in [3.8, 4) is 0 Å². The van der Waals surface area contributed by atoms with Gasteiger partial charge in [0.1, 0.15) is 0 Å². The Bertz CT molecular complexity index is 570. The molecule has 1 fully saturated rings. The summed E-state index contributed by atoms with van der Waals surface area (Å²) in [7, 11) is 0. The van der Waals surface area contributed by atoms with Gasteiger partial charge in [-0.15, -0.1) is 0 Å². The van der Waals surface area contributed by atoms with Crippen molar-refractivity contribution in [1.82, 2.24) is 0 Å². The van der Waals surface area contributed by atoms with Crippen molar-refractivity contribution >= 4 is 23.2 Å². The molecule has 0 radical (unpaired) electrons. The highest BCUT2D eigenvalue weighted by Crippen LogP contribution is 2.34. The van der Waals surface area contributed by atoms with E-state index in [1.807, 2.05) is 18.2 Å². The lowest BCUT2D eigenvalue weighted by atomic mass is 10.1. The van der Waals surface area contributed by atoms with Crippen molar-refractivity contribution < 1.29 is 9.59 Å². The second-order valence-corrected chi connectivity index (χ2v) is 5.54. The maximum absolute atomic E-state index is 12.0. The normalized spacial score (nSPS) is 21.5. The van der Waals surface area contributed by atoms with Gasteiger partial charge in [0.15, 0.2) is 0 Å². The Labute approximate surface area is 118 Å². The minimum Gasteiger partial charge on any atom is -0.330 e. The lowest BCUT2D eigenvalue weighted by Crippen LogP contribution is -2.27. The van der Waals surface area contributed by atoms with E-state index in [9.17, 15) is 9.59 Å². The van der Waals surface area contributed by atoms with E-state index in [1.54, 1.807) is 16.7 Å². The summed E-state index contributed by atoms with van der Waals surface area (Å²) in [5.41, 5.74) is 8.65. The molecule has 0 bridgehead atoms.